The van der Waals surface area contributed by atoms with E-state index in [1.54, 1.807) is 4.68 Å². The smallest absolute Gasteiger partial charge is 0.184 e. The fourth-order valence-corrected chi connectivity index (χ4v) is 2.57. The zero-order valence-electron chi connectivity index (χ0n) is 11.5. The van der Waals surface area contributed by atoms with Gasteiger partial charge in [-0.25, -0.2) is 13.5 Å². The molecule has 2 aromatic rings. The van der Waals surface area contributed by atoms with Crippen LogP contribution in [-0.4, -0.2) is 32.9 Å². The first-order valence-electron chi connectivity index (χ1n) is 6.70. The van der Waals surface area contributed by atoms with Gasteiger partial charge in [-0.1, -0.05) is 0 Å². The number of aromatic nitrogens is 4. The molecule has 2 heterocycles. The largest absolute Gasteiger partial charge is 0.398 e. The number of nitrogens with two attached hydrogens (primary N) is 1. The normalized spacial score (nSPS) is 22.4. The van der Waals surface area contributed by atoms with Gasteiger partial charge in [-0.15, -0.1) is 5.10 Å². The van der Waals surface area contributed by atoms with Gasteiger partial charge in [0.1, 0.15) is 0 Å². The van der Waals surface area contributed by atoms with Crippen molar-refractivity contribution in [3.8, 4) is 11.4 Å². The van der Waals surface area contributed by atoms with Crippen molar-refractivity contribution in [3.63, 3.8) is 0 Å². The quantitative estimate of drug-likeness (QED) is 0.857. The second-order valence-electron chi connectivity index (χ2n) is 5.16. The topological polar surface area (TPSA) is 78.9 Å². The maximum absolute atomic E-state index is 13.5. The summed E-state index contributed by atoms with van der Waals surface area (Å²) in [6, 6.07) is 2.01. The lowest BCUT2D eigenvalue weighted by atomic mass is 10.0. The summed E-state index contributed by atoms with van der Waals surface area (Å²) >= 11 is 0. The molecule has 1 fully saturated rings. The molecule has 0 saturated carbocycles. The molecular formula is C13H15F2N5O. The van der Waals surface area contributed by atoms with Crippen molar-refractivity contribution >= 4 is 5.69 Å². The number of hydrogen-bond donors (Lipinski definition) is 1. The molecule has 2 N–H and O–H groups in total. The van der Waals surface area contributed by atoms with Crippen molar-refractivity contribution < 1.29 is 13.5 Å². The number of nitrogen functional groups attached to an aromatic ring is 1. The van der Waals surface area contributed by atoms with Gasteiger partial charge < -0.3 is 10.5 Å². The summed E-state index contributed by atoms with van der Waals surface area (Å²) in [5.74, 6) is -1.63. The minimum atomic E-state index is -0.991. The molecule has 0 radical (unpaired) electrons. The van der Waals surface area contributed by atoms with Gasteiger partial charge >= 0.3 is 0 Å². The standard InChI is InChI=1S/C13H15F2N5O/c1-7-4-8(2-3-21-7)20-13(17-18-19-20)9-5-10(14)11(15)6-12(9)16/h5-8H,2-4,16H2,1H3. The highest BCUT2D eigenvalue weighted by molar-refractivity contribution is 5.71. The van der Waals surface area contributed by atoms with Crippen LogP contribution in [0.4, 0.5) is 14.5 Å². The molecule has 0 spiro atoms. The summed E-state index contributed by atoms with van der Waals surface area (Å²) in [6.07, 6.45) is 1.61. The molecule has 2 unspecified atom stereocenters. The van der Waals surface area contributed by atoms with Gasteiger partial charge in [0.2, 0.25) is 0 Å². The highest BCUT2D eigenvalue weighted by Crippen LogP contribution is 2.31. The maximum atomic E-state index is 13.5. The van der Waals surface area contributed by atoms with E-state index in [9.17, 15) is 8.78 Å². The van der Waals surface area contributed by atoms with E-state index in [-0.39, 0.29) is 23.4 Å². The van der Waals surface area contributed by atoms with E-state index >= 15 is 0 Å². The fourth-order valence-electron chi connectivity index (χ4n) is 2.57. The Morgan fingerprint density at radius 3 is 2.86 bits per heavy atom. The van der Waals surface area contributed by atoms with E-state index in [2.05, 4.69) is 15.5 Å². The van der Waals surface area contributed by atoms with Crippen molar-refractivity contribution in [2.75, 3.05) is 12.3 Å². The minimum absolute atomic E-state index is 0.0475. The van der Waals surface area contributed by atoms with Gasteiger partial charge in [-0.05, 0) is 36.3 Å². The van der Waals surface area contributed by atoms with Crippen LogP contribution in [0.2, 0.25) is 0 Å². The number of hydrogen-bond acceptors (Lipinski definition) is 5. The SMILES string of the molecule is CC1CC(n2nnnc2-c2cc(F)c(F)cc2N)CCO1. The van der Waals surface area contributed by atoms with Crippen LogP contribution < -0.4 is 5.73 Å². The summed E-state index contributed by atoms with van der Waals surface area (Å²) < 4.78 is 33.7. The molecule has 112 valence electrons. The van der Waals surface area contributed by atoms with Gasteiger partial charge in [0.15, 0.2) is 17.5 Å². The van der Waals surface area contributed by atoms with Crippen LogP contribution >= 0.6 is 0 Å². The predicted molar refractivity (Wildman–Crippen MR) is 71.3 cm³/mol. The Kier molecular flexibility index (Phi) is 3.54. The zero-order valence-corrected chi connectivity index (χ0v) is 11.5. The Balaban J connectivity index is 2.01. The molecule has 21 heavy (non-hydrogen) atoms. The summed E-state index contributed by atoms with van der Waals surface area (Å²) in [7, 11) is 0. The van der Waals surface area contributed by atoms with Crippen molar-refractivity contribution in [2.45, 2.75) is 31.9 Å². The minimum Gasteiger partial charge on any atom is -0.398 e. The number of ether oxygens (including phenoxy) is 1. The van der Waals surface area contributed by atoms with Crippen molar-refractivity contribution in [3.05, 3.63) is 23.8 Å². The van der Waals surface area contributed by atoms with Gasteiger partial charge in [-0.3, -0.25) is 0 Å². The molecule has 1 saturated heterocycles. The summed E-state index contributed by atoms with van der Waals surface area (Å²) in [5, 5.41) is 11.5. The van der Waals surface area contributed by atoms with Crippen molar-refractivity contribution in [1.29, 1.82) is 0 Å². The number of nitrogens with zero attached hydrogens (tertiary/aromatic N) is 4. The Hall–Kier alpha value is -2.09. The summed E-state index contributed by atoms with van der Waals surface area (Å²) in [5.41, 5.74) is 6.16. The van der Waals surface area contributed by atoms with Gasteiger partial charge in [-0.2, -0.15) is 0 Å². The van der Waals surface area contributed by atoms with E-state index < -0.39 is 11.6 Å². The number of rotatable bonds is 2. The van der Waals surface area contributed by atoms with Crippen LogP contribution in [-0.2, 0) is 4.74 Å². The molecule has 0 amide bonds. The zero-order chi connectivity index (χ0) is 15.0. The lowest BCUT2D eigenvalue weighted by Gasteiger charge is -2.27. The van der Waals surface area contributed by atoms with Gasteiger partial charge in [0.05, 0.1) is 12.1 Å². The van der Waals surface area contributed by atoms with E-state index in [0.717, 1.165) is 25.0 Å². The molecule has 8 heteroatoms. The van der Waals surface area contributed by atoms with E-state index in [4.69, 9.17) is 10.5 Å². The number of tetrazole rings is 1. The third kappa shape index (κ3) is 2.58. The first kappa shape index (κ1) is 13.9. The Morgan fingerprint density at radius 2 is 2.10 bits per heavy atom. The fraction of sp³-hybridized carbons (Fsp3) is 0.462. The molecule has 0 aliphatic carbocycles. The molecule has 3 rings (SSSR count). The van der Waals surface area contributed by atoms with Crippen LogP contribution in [0.25, 0.3) is 11.4 Å². The molecule has 1 aliphatic rings. The van der Waals surface area contributed by atoms with Crippen molar-refractivity contribution in [2.24, 2.45) is 0 Å². The molecule has 1 aromatic heterocycles. The Morgan fingerprint density at radius 1 is 1.33 bits per heavy atom. The van der Waals surface area contributed by atoms with E-state index in [1.807, 2.05) is 6.92 Å². The van der Waals surface area contributed by atoms with Crippen LogP contribution in [0.5, 0.6) is 0 Å². The Bertz CT molecular complexity index is 660. The highest BCUT2D eigenvalue weighted by atomic mass is 19.2. The van der Waals surface area contributed by atoms with E-state index in [0.29, 0.717) is 12.4 Å². The summed E-state index contributed by atoms with van der Waals surface area (Å²) in [6.45, 7) is 2.58. The van der Waals surface area contributed by atoms with Crippen LogP contribution in [0.15, 0.2) is 12.1 Å². The number of benzene rings is 1. The first-order valence-corrected chi connectivity index (χ1v) is 6.70. The second-order valence-corrected chi connectivity index (χ2v) is 5.16. The maximum Gasteiger partial charge on any atom is 0.184 e. The molecule has 1 aliphatic heterocycles. The lowest BCUT2D eigenvalue weighted by Crippen LogP contribution is -2.26. The second kappa shape index (κ2) is 5.36. The molecule has 1 aromatic carbocycles. The van der Waals surface area contributed by atoms with Crippen LogP contribution in [0.3, 0.4) is 0 Å². The predicted octanol–water partition coefficient (Wildman–Crippen LogP) is 1.94. The molecule has 2 atom stereocenters. The van der Waals surface area contributed by atoms with Gasteiger partial charge in [0.25, 0.3) is 0 Å². The average Bonchev–Trinajstić information content (AvgIpc) is 2.92. The van der Waals surface area contributed by atoms with E-state index in [1.165, 1.54) is 0 Å². The third-order valence-electron chi connectivity index (χ3n) is 3.63. The average molecular weight is 295 g/mol. The first-order chi connectivity index (χ1) is 10.1. The number of halogens is 2. The van der Waals surface area contributed by atoms with Crippen LogP contribution in [0.1, 0.15) is 25.8 Å². The molecular weight excluding hydrogens is 280 g/mol. The highest BCUT2D eigenvalue weighted by Gasteiger charge is 2.26. The molecule has 0 bridgehead atoms. The Labute approximate surface area is 119 Å². The third-order valence-corrected chi connectivity index (χ3v) is 3.63. The summed E-state index contributed by atoms with van der Waals surface area (Å²) in [4.78, 5) is 0. The monoisotopic (exact) mass is 295 g/mol. The number of anilines is 1. The lowest BCUT2D eigenvalue weighted by molar-refractivity contribution is 0.00350. The van der Waals surface area contributed by atoms with Gasteiger partial charge in [0, 0.05) is 23.9 Å². The van der Waals surface area contributed by atoms with Crippen LogP contribution in [0, 0.1) is 11.6 Å². The van der Waals surface area contributed by atoms with Crippen molar-refractivity contribution in [1.82, 2.24) is 20.2 Å². The molecule has 6 nitrogen and oxygen atoms in total.